The van der Waals surface area contributed by atoms with Crippen molar-refractivity contribution in [3.05, 3.63) is 40.9 Å². The summed E-state index contributed by atoms with van der Waals surface area (Å²) in [6.45, 7) is 2.31. The predicted molar refractivity (Wildman–Crippen MR) is 75.1 cm³/mol. The molecule has 5 nitrogen and oxygen atoms in total. The summed E-state index contributed by atoms with van der Waals surface area (Å²) in [5.41, 5.74) is 7.38. The lowest BCUT2D eigenvalue weighted by Gasteiger charge is -2.05. The number of aromatic nitrogens is 1. The first-order valence-electron chi connectivity index (χ1n) is 5.81. The summed E-state index contributed by atoms with van der Waals surface area (Å²) < 4.78 is 5.63. The fourth-order valence-electron chi connectivity index (χ4n) is 1.50. The van der Waals surface area contributed by atoms with Crippen molar-refractivity contribution >= 4 is 22.4 Å². The van der Waals surface area contributed by atoms with Crippen molar-refractivity contribution in [3.8, 4) is 5.75 Å². The monoisotopic (exact) mass is 277 g/mol. The van der Waals surface area contributed by atoms with E-state index in [9.17, 15) is 4.79 Å². The van der Waals surface area contributed by atoms with Crippen LogP contribution in [0.2, 0.25) is 0 Å². The number of amides is 1. The molecule has 1 aromatic carbocycles. The number of benzene rings is 1. The molecular formula is C13H15N3O2S. The second kappa shape index (κ2) is 6.31. The highest BCUT2D eigenvalue weighted by molar-refractivity contribution is 7.13. The molecule has 19 heavy (non-hydrogen) atoms. The zero-order valence-corrected chi connectivity index (χ0v) is 11.4. The van der Waals surface area contributed by atoms with Gasteiger partial charge in [-0.2, -0.15) is 0 Å². The summed E-state index contributed by atoms with van der Waals surface area (Å²) in [7, 11) is 0. The predicted octanol–water partition coefficient (Wildman–Crippen LogP) is 2.14. The molecule has 6 heteroatoms. The van der Waals surface area contributed by atoms with Gasteiger partial charge < -0.3 is 15.8 Å². The largest absolute Gasteiger partial charge is 0.487 e. The van der Waals surface area contributed by atoms with E-state index in [1.165, 1.54) is 18.3 Å². The van der Waals surface area contributed by atoms with Gasteiger partial charge in [0.1, 0.15) is 12.4 Å². The number of nitrogens with one attached hydrogen (secondary N) is 1. The molecule has 0 saturated carbocycles. The SMILES string of the molecule is CC(=O)Nc1nc(COc2cccc(CN)c2)cs1. The quantitative estimate of drug-likeness (QED) is 0.877. The van der Waals surface area contributed by atoms with Crippen LogP contribution in [0.1, 0.15) is 18.2 Å². The summed E-state index contributed by atoms with van der Waals surface area (Å²) in [5.74, 6) is 0.634. The summed E-state index contributed by atoms with van der Waals surface area (Å²) in [6, 6.07) is 7.63. The molecule has 100 valence electrons. The summed E-state index contributed by atoms with van der Waals surface area (Å²) in [6.07, 6.45) is 0. The van der Waals surface area contributed by atoms with Crippen LogP contribution < -0.4 is 15.8 Å². The molecular weight excluding hydrogens is 262 g/mol. The minimum absolute atomic E-state index is 0.127. The van der Waals surface area contributed by atoms with Gasteiger partial charge in [-0.25, -0.2) is 4.98 Å². The van der Waals surface area contributed by atoms with E-state index in [0.29, 0.717) is 18.3 Å². The Labute approximate surface area is 115 Å². The highest BCUT2D eigenvalue weighted by Gasteiger charge is 2.04. The van der Waals surface area contributed by atoms with Gasteiger partial charge in [-0.3, -0.25) is 4.79 Å². The number of rotatable bonds is 5. The van der Waals surface area contributed by atoms with Gasteiger partial charge in [0.05, 0.1) is 5.69 Å². The van der Waals surface area contributed by atoms with Crippen molar-refractivity contribution < 1.29 is 9.53 Å². The van der Waals surface area contributed by atoms with Crippen molar-refractivity contribution in [1.82, 2.24) is 4.98 Å². The first-order valence-corrected chi connectivity index (χ1v) is 6.69. The standard InChI is InChI=1S/C13H15N3O2S/c1-9(17)15-13-16-11(8-19-13)7-18-12-4-2-3-10(5-12)6-14/h2-5,8H,6-7,14H2,1H3,(H,15,16,17). The molecule has 2 rings (SSSR count). The van der Waals surface area contributed by atoms with Crippen LogP contribution in [-0.4, -0.2) is 10.9 Å². The number of carbonyl (C=O) groups excluding carboxylic acids is 1. The smallest absolute Gasteiger partial charge is 0.223 e. The topological polar surface area (TPSA) is 77.2 Å². The van der Waals surface area contributed by atoms with Gasteiger partial charge in [0.15, 0.2) is 5.13 Å². The zero-order valence-electron chi connectivity index (χ0n) is 10.6. The maximum absolute atomic E-state index is 10.9. The first-order chi connectivity index (χ1) is 9.17. The summed E-state index contributed by atoms with van der Waals surface area (Å²) in [4.78, 5) is 15.1. The van der Waals surface area contributed by atoms with E-state index in [-0.39, 0.29) is 5.91 Å². The Kier molecular flexibility index (Phi) is 4.48. The molecule has 0 atom stereocenters. The fourth-order valence-corrected chi connectivity index (χ4v) is 2.24. The van der Waals surface area contributed by atoms with Gasteiger partial charge in [-0.15, -0.1) is 11.3 Å². The van der Waals surface area contributed by atoms with Gasteiger partial charge in [-0.1, -0.05) is 12.1 Å². The second-order valence-electron chi connectivity index (χ2n) is 3.97. The van der Waals surface area contributed by atoms with Crippen molar-refractivity contribution in [2.24, 2.45) is 5.73 Å². The number of nitrogens with two attached hydrogens (primary N) is 1. The Hall–Kier alpha value is -1.92. The minimum Gasteiger partial charge on any atom is -0.487 e. The number of hydrogen-bond acceptors (Lipinski definition) is 5. The number of thiazole rings is 1. The Morgan fingerprint density at radius 2 is 2.37 bits per heavy atom. The average Bonchev–Trinajstić information content (AvgIpc) is 2.83. The molecule has 3 N–H and O–H groups in total. The lowest BCUT2D eigenvalue weighted by molar-refractivity contribution is -0.114. The van der Waals surface area contributed by atoms with Crippen LogP contribution >= 0.6 is 11.3 Å². The first kappa shape index (κ1) is 13.5. The van der Waals surface area contributed by atoms with E-state index in [1.54, 1.807) is 0 Å². The van der Waals surface area contributed by atoms with Gasteiger partial charge in [0.25, 0.3) is 0 Å². The normalized spacial score (nSPS) is 10.2. The van der Waals surface area contributed by atoms with Gasteiger partial charge in [0.2, 0.25) is 5.91 Å². The molecule has 2 aromatic rings. The number of hydrogen-bond donors (Lipinski definition) is 2. The molecule has 0 unspecified atom stereocenters. The maximum Gasteiger partial charge on any atom is 0.223 e. The van der Waals surface area contributed by atoms with Crippen molar-refractivity contribution in [3.63, 3.8) is 0 Å². The lowest BCUT2D eigenvalue weighted by atomic mass is 10.2. The average molecular weight is 277 g/mol. The molecule has 1 amide bonds. The van der Waals surface area contributed by atoms with E-state index in [0.717, 1.165) is 17.0 Å². The molecule has 0 spiro atoms. The van der Waals surface area contributed by atoms with Crippen molar-refractivity contribution in [2.45, 2.75) is 20.1 Å². The van der Waals surface area contributed by atoms with E-state index < -0.39 is 0 Å². The third kappa shape index (κ3) is 4.04. The van der Waals surface area contributed by atoms with Crippen LogP contribution in [0.25, 0.3) is 0 Å². The Morgan fingerprint density at radius 3 is 3.11 bits per heavy atom. The van der Waals surface area contributed by atoms with Crippen LogP contribution in [-0.2, 0) is 17.9 Å². The number of ether oxygens (including phenoxy) is 1. The third-order valence-corrected chi connectivity index (χ3v) is 3.16. The molecule has 1 aromatic heterocycles. The number of anilines is 1. The molecule has 0 aliphatic carbocycles. The lowest BCUT2D eigenvalue weighted by Crippen LogP contribution is -2.05. The van der Waals surface area contributed by atoms with Crippen molar-refractivity contribution in [2.75, 3.05) is 5.32 Å². The summed E-state index contributed by atoms with van der Waals surface area (Å²) in [5, 5.41) is 5.08. The van der Waals surface area contributed by atoms with Gasteiger partial charge in [0, 0.05) is 18.8 Å². The molecule has 0 aliphatic heterocycles. The van der Waals surface area contributed by atoms with Gasteiger partial charge >= 0.3 is 0 Å². The maximum atomic E-state index is 10.9. The third-order valence-electron chi connectivity index (χ3n) is 2.36. The van der Waals surface area contributed by atoms with E-state index >= 15 is 0 Å². The van der Waals surface area contributed by atoms with Crippen LogP contribution in [0.4, 0.5) is 5.13 Å². The van der Waals surface area contributed by atoms with Crippen LogP contribution in [0, 0.1) is 0 Å². The van der Waals surface area contributed by atoms with Crippen LogP contribution in [0.15, 0.2) is 29.6 Å². The van der Waals surface area contributed by atoms with Crippen molar-refractivity contribution in [1.29, 1.82) is 0 Å². The van der Waals surface area contributed by atoms with Crippen LogP contribution in [0.5, 0.6) is 5.75 Å². The highest BCUT2D eigenvalue weighted by atomic mass is 32.1. The van der Waals surface area contributed by atoms with Gasteiger partial charge in [-0.05, 0) is 17.7 Å². The molecule has 0 bridgehead atoms. The zero-order chi connectivity index (χ0) is 13.7. The number of carbonyl (C=O) groups is 1. The highest BCUT2D eigenvalue weighted by Crippen LogP contribution is 2.18. The van der Waals surface area contributed by atoms with E-state index in [4.69, 9.17) is 10.5 Å². The molecule has 0 radical (unpaired) electrons. The molecule has 0 aliphatic rings. The van der Waals surface area contributed by atoms with E-state index in [2.05, 4.69) is 10.3 Å². The summed E-state index contributed by atoms with van der Waals surface area (Å²) >= 11 is 1.38. The Morgan fingerprint density at radius 1 is 1.53 bits per heavy atom. The molecule has 0 saturated heterocycles. The van der Waals surface area contributed by atoms with E-state index in [1.807, 2.05) is 29.6 Å². The Bertz CT molecular complexity index is 569. The second-order valence-corrected chi connectivity index (χ2v) is 4.82. The number of nitrogens with zero attached hydrogens (tertiary/aromatic N) is 1. The Balaban J connectivity index is 1.94. The minimum atomic E-state index is -0.127. The molecule has 0 fully saturated rings. The van der Waals surface area contributed by atoms with Crippen LogP contribution in [0.3, 0.4) is 0 Å². The molecule has 1 heterocycles. The fraction of sp³-hybridized carbons (Fsp3) is 0.231.